The van der Waals surface area contributed by atoms with Crippen molar-refractivity contribution in [3.05, 3.63) is 60.3 Å². The lowest BCUT2D eigenvalue weighted by atomic mass is 10.1. The molecule has 1 aromatic heterocycles. The van der Waals surface area contributed by atoms with Gasteiger partial charge in [-0.25, -0.2) is 0 Å². The Bertz CT molecular complexity index is 830. The van der Waals surface area contributed by atoms with Crippen molar-refractivity contribution in [2.45, 2.75) is 12.7 Å². The lowest BCUT2D eigenvalue weighted by Gasteiger charge is -2.26. The molecule has 0 saturated heterocycles. The molecule has 0 radical (unpaired) electrons. The third kappa shape index (κ3) is 3.78. The second kappa shape index (κ2) is 7.59. The van der Waals surface area contributed by atoms with Crippen molar-refractivity contribution >= 4 is 10.9 Å². The van der Waals surface area contributed by atoms with Crippen LogP contribution >= 0.6 is 0 Å². The van der Waals surface area contributed by atoms with E-state index in [1.165, 1.54) is 16.5 Å². The summed E-state index contributed by atoms with van der Waals surface area (Å²) in [4.78, 5) is 3.31. The summed E-state index contributed by atoms with van der Waals surface area (Å²) in [6, 6.07) is 16.0. The molecule has 130 valence electrons. The SMILES string of the molecule is c1ccc2c(c1)OCC(OCCNCCc1c[nH]c3ccccc13)O2. The van der Waals surface area contributed by atoms with Gasteiger partial charge < -0.3 is 24.5 Å². The number of aromatic nitrogens is 1. The Morgan fingerprint density at radius 2 is 1.88 bits per heavy atom. The summed E-state index contributed by atoms with van der Waals surface area (Å²) in [5.74, 6) is 1.52. The standard InChI is InChI=1S/C20H22N2O3/c1-2-6-17-16(5-1)15(13-22-17)9-10-21-11-12-23-20-14-24-18-7-3-4-8-19(18)25-20/h1-8,13,20-22H,9-12,14H2. The third-order valence-corrected chi connectivity index (χ3v) is 4.31. The van der Waals surface area contributed by atoms with Gasteiger partial charge in [0.05, 0.1) is 6.61 Å². The average molecular weight is 338 g/mol. The van der Waals surface area contributed by atoms with Gasteiger partial charge >= 0.3 is 0 Å². The Labute approximate surface area is 146 Å². The van der Waals surface area contributed by atoms with Crippen LogP contribution in [0.2, 0.25) is 0 Å². The Morgan fingerprint density at radius 1 is 1.04 bits per heavy atom. The Kier molecular flexibility index (Phi) is 4.86. The highest BCUT2D eigenvalue weighted by Gasteiger charge is 2.20. The van der Waals surface area contributed by atoms with Crippen molar-refractivity contribution in [2.75, 3.05) is 26.3 Å². The van der Waals surface area contributed by atoms with Crippen LogP contribution in [0.1, 0.15) is 5.56 Å². The minimum atomic E-state index is -0.342. The number of fused-ring (bicyclic) bond motifs is 2. The number of hydrogen-bond donors (Lipinski definition) is 2. The van der Waals surface area contributed by atoms with E-state index in [9.17, 15) is 0 Å². The molecular formula is C20H22N2O3. The van der Waals surface area contributed by atoms with Crippen molar-refractivity contribution in [2.24, 2.45) is 0 Å². The minimum absolute atomic E-state index is 0.342. The number of hydrogen-bond acceptors (Lipinski definition) is 4. The smallest absolute Gasteiger partial charge is 0.234 e. The molecule has 5 heteroatoms. The number of benzene rings is 2. The van der Waals surface area contributed by atoms with Crippen LogP contribution in [0.25, 0.3) is 10.9 Å². The molecule has 1 atom stereocenters. The molecule has 1 aliphatic heterocycles. The maximum Gasteiger partial charge on any atom is 0.234 e. The number of rotatable bonds is 7. The van der Waals surface area contributed by atoms with Crippen LogP contribution in [0.4, 0.5) is 0 Å². The minimum Gasteiger partial charge on any atom is -0.483 e. The largest absolute Gasteiger partial charge is 0.483 e. The first-order chi connectivity index (χ1) is 12.4. The first-order valence-corrected chi connectivity index (χ1v) is 8.66. The van der Waals surface area contributed by atoms with Gasteiger partial charge in [-0.15, -0.1) is 0 Å². The van der Waals surface area contributed by atoms with E-state index in [1.54, 1.807) is 0 Å². The van der Waals surface area contributed by atoms with E-state index >= 15 is 0 Å². The number of ether oxygens (including phenoxy) is 3. The monoisotopic (exact) mass is 338 g/mol. The zero-order valence-electron chi connectivity index (χ0n) is 14.0. The van der Waals surface area contributed by atoms with Crippen LogP contribution < -0.4 is 14.8 Å². The highest BCUT2D eigenvalue weighted by Crippen LogP contribution is 2.30. The van der Waals surface area contributed by atoms with Crippen LogP contribution in [0.15, 0.2) is 54.7 Å². The molecule has 0 saturated carbocycles. The molecule has 3 aromatic rings. The van der Waals surface area contributed by atoms with Gasteiger partial charge in [0.15, 0.2) is 18.1 Å². The normalized spacial score (nSPS) is 16.2. The van der Waals surface area contributed by atoms with E-state index in [-0.39, 0.29) is 6.29 Å². The fraction of sp³-hybridized carbons (Fsp3) is 0.300. The molecule has 2 heterocycles. The molecule has 1 aliphatic rings. The summed E-state index contributed by atoms with van der Waals surface area (Å²) in [7, 11) is 0. The molecule has 0 amide bonds. The van der Waals surface area contributed by atoms with E-state index in [4.69, 9.17) is 14.2 Å². The highest BCUT2D eigenvalue weighted by atomic mass is 16.7. The summed E-state index contributed by atoms with van der Waals surface area (Å²) < 4.78 is 17.1. The van der Waals surface area contributed by atoms with E-state index in [2.05, 4.69) is 34.7 Å². The van der Waals surface area contributed by atoms with Crippen molar-refractivity contribution in [3.63, 3.8) is 0 Å². The topological polar surface area (TPSA) is 55.5 Å². The molecule has 25 heavy (non-hydrogen) atoms. The predicted molar refractivity (Wildman–Crippen MR) is 97.2 cm³/mol. The fourth-order valence-electron chi connectivity index (χ4n) is 3.03. The first kappa shape index (κ1) is 16.0. The zero-order valence-corrected chi connectivity index (χ0v) is 14.0. The van der Waals surface area contributed by atoms with Crippen molar-refractivity contribution < 1.29 is 14.2 Å². The van der Waals surface area contributed by atoms with Crippen LogP contribution in [-0.4, -0.2) is 37.6 Å². The summed E-state index contributed by atoms with van der Waals surface area (Å²) >= 11 is 0. The van der Waals surface area contributed by atoms with Gasteiger partial charge in [0.2, 0.25) is 6.29 Å². The number of para-hydroxylation sites is 3. The molecule has 0 fully saturated rings. The molecular weight excluding hydrogens is 316 g/mol. The molecule has 4 rings (SSSR count). The van der Waals surface area contributed by atoms with Crippen LogP contribution in [0.5, 0.6) is 11.5 Å². The lowest BCUT2D eigenvalue weighted by molar-refractivity contribution is -0.114. The maximum atomic E-state index is 5.77. The highest BCUT2D eigenvalue weighted by molar-refractivity contribution is 5.83. The lowest BCUT2D eigenvalue weighted by Crippen LogP contribution is -2.34. The van der Waals surface area contributed by atoms with Crippen LogP contribution in [0.3, 0.4) is 0 Å². The third-order valence-electron chi connectivity index (χ3n) is 4.31. The van der Waals surface area contributed by atoms with E-state index in [0.717, 1.165) is 31.0 Å². The van der Waals surface area contributed by atoms with Crippen LogP contribution in [0, 0.1) is 0 Å². The molecule has 5 nitrogen and oxygen atoms in total. The van der Waals surface area contributed by atoms with Gasteiger partial charge in [0, 0.05) is 23.6 Å². The quantitative estimate of drug-likeness (QED) is 0.650. The van der Waals surface area contributed by atoms with Crippen LogP contribution in [-0.2, 0) is 11.2 Å². The van der Waals surface area contributed by atoms with Crippen molar-refractivity contribution in [3.8, 4) is 11.5 Å². The van der Waals surface area contributed by atoms with Gasteiger partial charge in [-0.3, -0.25) is 0 Å². The Hall–Kier alpha value is -2.50. The van der Waals surface area contributed by atoms with E-state index in [1.807, 2.05) is 30.3 Å². The molecule has 1 unspecified atom stereocenters. The Balaban J connectivity index is 1.16. The van der Waals surface area contributed by atoms with E-state index in [0.29, 0.717) is 13.2 Å². The van der Waals surface area contributed by atoms with Gasteiger partial charge in [-0.05, 0) is 36.7 Å². The molecule has 2 aromatic carbocycles. The Morgan fingerprint density at radius 3 is 2.84 bits per heavy atom. The molecule has 0 spiro atoms. The van der Waals surface area contributed by atoms with Crippen molar-refractivity contribution in [1.29, 1.82) is 0 Å². The number of nitrogens with one attached hydrogen (secondary N) is 2. The summed E-state index contributed by atoms with van der Waals surface area (Å²) in [6.45, 7) is 2.70. The van der Waals surface area contributed by atoms with Gasteiger partial charge in [-0.1, -0.05) is 30.3 Å². The number of H-pyrrole nitrogens is 1. The van der Waals surface area contributed by atoms with Gasteiger partial charge in [0.1, 0.15) is 0 Å². The zero-order chi connectivity index (χ0) is 16.9. The number of aromatic amines is 1. The fourth-order valence-corrected chi connectivity index (χ4v) is 3.03. The predicted octanol–water partition coefficient (Wildman–Crippen LogP) is 3.11. The average Bonchev–Trinajstić information content (AvgIpc) is 3.08. The first-order valence-electron chi connectivity index (χ1n) is 8.66. The second-order valence-corrected chi connectivity index (χ2v) is 6.04. The molecule has 0 bridgehead atoms. The van der Waals surface area contributed by atoms with E-state index < -0.39 is 0 Å². The summed E-state index contributed by atoms with van der Waals surface area (Å²) in [5, 5.41) is 4.71. The second-order valence-electron chi connectivity index (χ2n) is 6.04. The molecule has 2 N–H and O–H groups in total. The van der Waals surface area contributed by atoms with Gasteiger partial charge in [0.25, 0.3) is 0 Å². The summed E-state index contributed by atoms with van der Waals surface area (Å²) in [6.07, 6.45) is 2.74. The van der Waals surface area contributed by atoms with Gasteiger partial charge in [-0.2, -0.15) is 0 Å². The maximum absolute atomic E-state index is 5.77. The van der Waals surface area contributed by atoms with Crippen molar-refractivity contribution in [1.82, 2.24) is 10.3 Å². The summed E-state index contributed by atoms with van der Waals surface area (Å²) in [5.41, 5.74) is 2.53. The molecule has 0 aliphatic carbocycles.